The fraction of sp³-hybridized carbons (Fsp3) is 0. The van der Waals surface area contributed by atoms with Crippen molar-refractivity contribution in [1.29, 1.82) is 0 Å². The molecular weight excluding hydrogens is 385 g/mol. The summed E-state index contributed by atoms with van der Waals surface area (Å²) in [4.78, 5) is 7.81. The Kier molecular flexibility index (Phi) is 5.22. The normalized spacial score (nSPS) is 11.3. The number of sulfonamides is 1. The van der Waals surface area contributed by atoms with Crippen LogP contribution < -0.4 is 4.72 Å². The first-order valence-corrected chi connectivity index (χ1v) is 9.65. The predicted molar refractivity (Wildman–Crippen MR) is 94.8 cm³/mol. The maximum Gasteiger partial charge on any atom is 0.264 e. The molecular formula is C16H11ClFN3O2S2. The van der Waals surface area contributed by atoms with Crippen LogP contribution in [-0.2, 0) is 10.0 Å². The van der Waals surface area contributed by atoms with Crippen molar-refractivity contribution in [1.82, 2.24) is 9.97 Å². The largest absolute Gasteiger partial charge is 0.279 e. The van der Waals surface area contributed by atoms with Gasteiger partial charge in [-0.05, 0) is 36.4 Å². The van der Waals surface area contributed by atoms with E-state index in [4.69, 9.17) is 11.6 Å². The fourth-order valence-corrected chi connectivity index (χ4v) is 4.10. The van der Waals surface area contributed by atoms with E-state index >= 15 is 0 Å². The summed E-state index contributed by atoms with van der Waals surface area (Å²) in [6.07, 6.45) is 3.11. The molecule has 25 heavy (non-hydrogen) atoms. The maximum absolute atomic E-state index is 14.0. The summed E-state index contributed by atoms with van der Waals surface area (Å²) in [5.41, 5.74) is 0.257. The molecule has 128 valence electrons. The molecule has 2 heterocycles. The Balaban J connectivity index is 1.85. The first kappa shape index (κ1) is 17.7. The average molecular weight is 396 g/mol. The van der Waals surface area contributed by atoms with E-state index in [1.165, 1.54) is 36.2 Å². The molecule has 0 aliphatic rings. The Morgan fingerprint density at radius 2 is 1.80 bits per heavy atom. The number of pyridine rings is 2. The fourth-order valence-electron chi connectivity index (χ4n) is 1.95. The summed E-state index contributed by atoms with van der Waals surface area (Å²) in [7, 11) is -4.12. The van der Waals surface area contributed by atoms with Gasteiger partial charge in [0.2, 0.25) is 0 Å². The number of hydrogen-bond acceptors (Lipinski definition) is 5. The Bertz CT molecular complexity index is 1000. The molecule has 9 heteroatoms. The highest BCUT2D eigenvalue weighted by molar-refractivity contribution is 7.99. The van der Waals surface area contributed by atoms with Crippen LogP contribution in [0.5, 0.6) is 0 Å². The summed E-state index contributed by atoms with van der Waals surface area (Å²) in [5, 5.41) is 1.00. The van der Waals surface area contributed by atoms with Gasteiger partial charge in [-0.15, -0.1) is 0 Å². The molecule has 1 N–H and O–H groups in total. The number of nitrogens with one attached hydrogen (secondary N) is 1. The van der Waals surface area contributed by atoms with Crippen LogP contribution in [0.15, 0.2) is 75.9 Å². The molecule has 0 amide bonds. The third-order valence-electron chi connectivity index (χ3n) is 3.04. The first-order valence-electron chi connectivity index (χ1n) is 6.97. The molecule has 5 nitrogen and oxygen atoms in total. The lowest BCUT2D eigenvalue weighted by Crippen LogP contribution is -2.14. The number of nitrogens with zero attached hydrogens (tertiary/aromatic N) is 2. The van der Waals surface area contributed by atoms with E-state index in [-0.39, 0.29) is 10.7 Å². The third kappa shape index (κ3) is 4.28. The number of rotatable bonds is 5. The summed E-state index contributed by atoms with van der Waals surface area (Å²) < 4.78 is 41.1. The predicted octanol–water partition coefficient (Wildman–Crippen LogP) is 4.22. The van der Waals surface area contributed by atoms with Gasteiger partial charge in [0.05, 0.1) is 10.7 Å². The van der Waals surface area contributed by atoms with Gasteiger partial charge in [-0.3, -0.25) is 4.72 Å². The summed E-state index contributed by atoms with van der Waals surface area (Å²) in [6.45, 7) is 0. The van der Waals surface area contributed by atoms with Gasteiger partial charge in [-0.1, -0.05) is 35.5 Å². The quantitative estimate of drug-likeness (QED) is 0.700. The topological polar surface area (TPSA) is 72.0 Å². The molecule has 0 atom stereocenters. The van der Waals surface area contributed by atoms with E-state index in [0.717, 1.165) is 11.1 Å². The molecule has 0 aliphatic carbocycles. The molecule has 0 saturated heterocycles. The molecule has 0 radical (unpaired) electrons. The number of aromatic nitrogens is 2. The second kappa shape index (κ2) is 7.38. The molecule has 0 saturated carbocycles. The molecule has 0 unspecified atom stereocenters. The standard InChI is InChI=1S/C16H11ClFN3O2S2/c17-12-4-3-5-13(16(12)18)25(22,23)21-11-7-9-20-15(10-11)24-14-6-1-2-8-19-14/h1-10H,(H,20,21). The van der Waals surface area contributed by atoms with Gasteiger partial charge in [0, 0.05) is 12.4 Å². The van der Waals surface area contributed by atoms with Crippen molar-refractivity contribution in [2.75, 3.05) is 4.72 Å². The minimum Gasteiger partial charge on any atom is -0.279 e. The zero-order valence-corrected chi connectivity index (χ0v) is 14.9. The number of halogens is 2. The van der Waals surface area contributed by atoms with Gasteiger partial charge in [0.1, 0.15) is 14.9 Å². The van der Waals surface area contributed by atoms with E-state index in [0.29, 0.717) is 5.03 Å². The lowest BCUT2D eigenvalue weighted by Gasteiger charge is -2.10. The van der Waals surface area contributed by atoms with E-state index < -0.39 is 20.7 Å². The van der Waals surface area contributed by atoms with Crippen LogP contribution in [0.2, 0.25) is 5.02 Å². The summed E-state index contributed by atoms with van der Waals surface area (Å²) in [5.74, 6) is -0.992. The smallest absolute Gasteiger partial charge is 0.264 e. The van der Waals surface area contributed by atoms with Gasteiger partial charge in [0.25, 0.3) is 10.0 Å². The van der Waals surface area contributed by atoms with Crippen molar-refractivity contribution >= 4 is 39.1 Å². The minimum absolute atomic E-state index is 0.257. The Labute approximate surface area is 153 Å². The van der Waals surface area contributed by atoms with Gasteiger partial charge in [0.15, 0.2) is 5.82 Å². The van der Waals surface area contributed by atoms with Crippen molar-refractivity contribution in [3.63, 3.8) is 0 Å². The lowest BCUT2D eigenvalue weighted by molar-refractivity contribution is 0.570. The zero-order chi connectivity index (χ0) is 17.9. The van der Waals surface area contributed by atoms with E-state index in [1.54, 1.807) is 18.3 Å². The molecule has 0 aliphatic heterocycles. The van der Waals surface area contributed by atoms with Gasteiger partial charge >= 0.3 is 0 Å². The van der Waals surface area contributed by atoms with Crippen LogP contribution >= 0.6 is 23.4 Å². The second-order valence-electron chi connectivity index (χ2n) is 4.81. The Morgan fingerprint density at radius 3 is 2.56 bits per heavy atom. The molecule has 0 fully saturated rings. The third-order valence-corrected chi connectivity index (χ3v) is 5.61. The highest BCUT2D eigenvalue weighted by atomic mass is 35.5. The SMILES string of the molecule is O=S(=O)(Nc1ccnc(Sc2ccccn2)c1)c1cccc(Cl)c1F. The van der Waals surface area contributed by atoms with Crippen LogP contribution in [0.4, 0.5) is 10.1 Å². The average Bonchev–Trinajstić information content (AvgIpc) is 2.58. The molecule has 1 aromatic carbocycles. The van der Waals surface area contributed by atoms with Crippen molar-refractivity contribution < 1.29 is 12.8 Å². The molecule has 0 spiro atoms. The summed E-state index contributed by atoms with van der Waals surface area (Å²) in [6, 6.07) is 12.3. The van der Waals surface area contributed by atoms with E-state index in [9.17, 15) is 12.8 Å². The lowest BCUT2D eigenvalue weighted by atomic mass is 10.3. The van der Waals surface area contributed by atoms with Gasteiger partial charge < -0.3 is 0 Å². The first-order chi connectivity index (χ1) is 12.0. The maximum atomic E-state index is 14.0. The number of benzene rings is 1. The van der Waals surface area contributed by atoms with Crippen LogP contribution in [0.3, 0.4) is 0 Å². The monoisotopic (exact) mass is 395 g/mol. The van der Waals surface area contributed by atoms with Crippen LogP contribution in [0.1, 0.15) is 0 Å². The Morgan fingerprint density at radius 1 is 1.00 bits per heavy atom. The van der Waals surface area contributed by atoms with Crippen LogP contribution in [-0.4, -0.2) is 18.4 Å². The van der Waals surface area contributed by atoms with Gasteiger partial charge in [-0.25, -0.2) is 22.8 Å². The van der Waals surface area contributed by atoms with Crippen LogP contribution in [0, 0.1) is 5.82 Å². The molecule has 3 aromatic rings. The highest BCUT2D eigenvalue weighted by Crippen LogP contribution is 2.28. The zero-order valence-electron chi connectivity index (χ0n) is 12.6. The second-order valence-corrected chi connectivity index (χ2v) is 7.91. The number of anilines is 1. The van der Waals surface area contributed by atoms with Gasteiger partial charge in [-0.2, -0.15) is 0 Å². The van der Waals surface area contributed by atoms with Crippen molar-refractivity contribution in [3.05, 3.63) is 71.8 Å². The van der Waals surface area contributed by atoms with E-state index in [1.807, 2.05) is 12.1 Å². The van der Waals surface area contributed by atoms with Crippen molar-refractivity contribution in [2.24, 2.45) is 0 Å². The molecule has 3 rings (SSSR count). The minimum atomic E-state index is -4.12. The number of hydrogen-bond donors (Lipinski definition) is 1. The Hall–Kier alpha value is -2.16. The van der Waals surface area contributed by atoms with Crippen molar-refractivity contribution in [2.45, 2.75) is 14.9 Å². The highest BCUT2D eigenvalue weighted by Gasteiger charge is 2.21. The molecule has 0 bridgehead atoms. The molecule has 2 aromatic heterocycles. The van der Waals surface area contributed by atoms with Crippen LogP contribution in [0.25, 0.3) is 0 Å². The van der Waals surface area contributed by atoms with Crippen molar-refractivity contribution in [3.8, 4) is 0 Å². The summed E-state index contributed by atoms with van der Waals surface area (Å²) >= 11 is 6.93. The van der Waals surface area contributed by atoms with E-state index in [2.05, 4.69) is 14.7 Å².